The van der Waals surface area contributed by atoms with Crippen LogP contribution in [0.4, 0.5) is 5.82 Å². The predicted molar refractivity (Wildman–Crippen MR) is 73.4 cm³/mol. The molecule has 7 nitrogen and oxygen atoms in total. The molecule has 0 aromatic carbocycles. The second kappa shape index (κ2) is 5.27. The minimum atomic E-state index is -3.64. The highest BCUT2D eigenvalue weighted by atomic mass is 32.2. The molecule has 104 valence electrons. The molecular formula is C10H15N5O2S2. The fraction of sp³-hybridized carbons (Fsp3) is 0.400. The highest BCUT2D eigenvalue weighted by molar-refractivity contribution is 7.89. The van der Waals surface area contributed by atoms with Crippen LogP contribution >= 0.6 is 11.3 Å². The summed E-state index contributed by atoms with van der Waals surface area (Å²) in [7, 11) is -1.98. The summed E-state index contributed by atoms with van der Waals surface area (Å²) in [6, 6.07) is 0. The van der Waals surface area contributed by atoms with E-state index >= 15 is 0 Å². The van der Waals surface area contributed by atoms with E-state index in [2.05, 4.69) is 14.8 Å². The number of hydrogen-bond acceptors (Lipinski definition) is 6. The highest BCUT2D eigenvalue weighted by Gasteiger charge is 2.24. The molecule has 2 rings (SSSR count). The largest absolute Gasteiger partial charge is 0.381 e. The van der Waals surface area contributed by atoms with E-state index in [0.29, 0.717) is 12.1 Å². The zero-order valence-electron chi connectivity index (χ0n) is 10.6. The van der Waals surface area contributed by atoms with E-state index in [9.17, 15) is 8.42 Å². The SMILES string of the molecule is Cc1c(S(=O)(=O)NCCc2nccs2)c(N)nn1C. The number of thiazole rings is 1. The van der Waals surface area contributed by atoms with Gasteiger partial charge in [0.2, 0.25) is 10.0 Å². The maximum absolute atomic E-state index is 12.2. The van der Waals surface area contributed by atoms with Crippen LogP contribution in [0.25, 0.3) is 0 Å². The number of nitrogens with zero attached hydrogens (tertiary/aromatic N) is 3. The lowest BCUT2D eigenvalue weighted by molar-refractivity contribution is 0.580. The van der Waals surface area contributed by atoms with Crippen LogP contribution in [0.5, 0.6) is 0 Å². The van der Waals surface area contributed by atoms with E-state index in [1.165, 1.54) is 16.0 Å². The van der Waals surface area contributed by atoms with E-state index in [1.54, 1.807) is 20.2 Å². The van der Waals surface area contributed by atoms with Gasteiger partial charge in [-0.15, -0.1) is 11.3 Å². The number of nitrogens with two attached hydrogens (primary N) is 1. The van der Waals surface area contributed by atoms with Gasteiger partial charge in [-0.1, -0.05) is 0 Å². The van der Waals surface area contributed by atoms with Gasteiger partial charge in [0.15, 0.2) is 5.82 Å². The Kier molecular flexibility index (Phi) is 3.88. The van der Waals surface area contributed by atoms with Crippen molar-refractivity contribution in [3.63, 3.8) is 0 Å². The van der Waals surface area contributed by atoms with E-state index in [1.807, 2.05) is 5.38 Å². The molecule has 0 spiro atoms. The summed E-state index contributed by atoms with van der Waals surface area (Å²) >= 11 is 1.49. The number of anilines is 1. The minimum absolute atomic E-state index is 0.0155. The lowest BCUT2D eigenvalue weighted by Gasteiger charge is -2.05. The smallest absolute Gasteiger partial charge is 0.246 e. The highest BCUT2D eigenvalue weighted by Crippen LogP contribution is 2.20. The van der Waals surface area contributed by atoms with Crippen LogP contribution in [-0.4, -0.2) is 29.7 Å². The van der Waals surface area contributed by atoms with Crippen molar-refractivity contribution in [2.75, 3.05) is 12.3 Å². The van der Waals surface area contributed by atoms with Crippen molar-refractivity contribution in [1.82, 2.24) is 19.5 Å². The third kappa shape index (κ3) is 2.94. The second-order valence-corrected chi connectivity index (χ2v) is 6.68. The van der Waals surface area contributed by atoms with Gasteiger partial charge in [-0.3, -0.25) is 4.68 Å². The Bertz CT molecular complexity index is 660. The molecule has 3 N–H and O–H groups in total. The summed E-state index contributed by atoms with van der Waals surface area (Å²) in [6.45, 7) is 1.95. The quantitative estimate of drug-likeness (QED) is 0.826. The van der Waals surface area contributed by atoms with E-state index in [-0.39, 0.29) is 17.3 Å². The Balaban J connectivity index is 2.10. The van der Waals surface area contributed by atoms with Crippen LogP contribution < -0.4 is 10.5 Å². The molecule has 2 heterocycles. The number of aromatic nitrogens is 3. The Morgan fingerprint density at radius 1 is 1.53 bits per heavy atom. The lowest BCUT2D eigenvalue weighted by Crippen LogP contribution is -2.27. The first-order valence-electron chi connectivity index (χ1n) is 5.59. The molecule has 0 unspecified atom stereocenters. The molecule has 2 aromatic heterocycles. The van der Waals surface area contributed by atoms with Gasteiger partial charge in [0.1, 0.15) is 4.90 Å². The summed E-state index contributed by atoms with van der Waals surface area (Å²) in [5.74, 6) is 0.0155. The summed E-state index contributed by atoms with van der Waals surface area (Å²) in [6.07, 6.45) is 2.24. The molecule has 0 fully saturated rings. The molecule has 9 heteroatoms. The maximum atomic E-state index is 12.2. The summed E-state index contributed by atoms with van der Waals surface area (Å²) < 4.78 is 28.3. The van der Waals surface area contributed by atoms with Gasteiger partial charge in [0.25, 0.3) is 0 Å². The van der Waals surface area contributed by atoms with Crippen molar-refractivity contribution in [3.8, 4) is 0 Å². The summed E-state index contributed by atoms with van der Waals surface area (Å²) in [5.41, 5.74) is 6.15. The lowest BCUT2D eigenvalue weighted by atomic mass is 10.5. The van der Waals surface area contributed by atoms with Crippen LogP contribution in [-0.2, 0) is 23.5 Å². The first-order valence-corrected chi connectivity index (χ1v) is 7.95. The van der Waals surface area contributed by atoms with E-state index < -0.39 is 10.0 Å². The Hall–Kier alpha value is -1.45. The molecule has 0 saturated heterocycles. The van der Waals surface area contributed by atoms with Crippen molar-refractivity contribution in [3.05, 3.63) is 22.3 Å². The number of aryl methyl sites for hydroxylation is 1. The van der Waals surface area contributed by atoms with Crippen LogP contribution in [0.1, 0.15) is 10.7 Å². The van der Waals surface area contributed by atoms with Gasteiger partial charge in [-0.25, -0.2) is 18.1 Å². The summed E-state index contributed by atoms with van der Waals surface area (Å²) in [5, 5.41) is 6.64. The molecule has 0 aliphatic rings. The fourth-order valence-corrected chi connectivity index (χ4v) is 3.66. The molecule has 0 radical (unpaired) electrons. The van der Waals surface area contributed by atoms with Crippen molar-refractivity contribution in [1.29, 1.82) is 0 Å². The fourth-order valence-electron chi connectivity index (χ4n) is 1.69. The third-order valence-electron chi connectivity index (χ3n) is 2.69. The molecule has 0 amide bonds. The Labute approximate surface area is 115 Å². The molecule has 2 aromatic rings. The van der Waals surface area contributed by atoms with Crippen molar-refractivity contribution in [2.45, 2.75) is 18.2 Å². The number of nitrogen functional groups attached to an aromatic ring is 1. The van der Waals surface area contributed by atoms with E-state index in [4.69, 9.17) is 5.73 Å². The molecule has 0 aliphatic carbocycles. The average molecular weight is 301 g/mol. The van der Waals surface area contributed by atoms with Gasteiger partial charge in [-0.05, 0) is 6.92 Å². The van der Waals surface area contributed by atoms with Gasteiger partial charge in [-0.2, -0.15) is 5.10 Å². The normalized spacial score (nSPS) is 11.9. The van der Waals surface area contributed by atoms with Gasteiger partial charge in [0.05, 0.1) is 10.7 Å². The number of sulfonamides is 1. The number of rotatable bonds is 5. The molecule has 0 aliphatic heterocycles. The van der Waals surface area contributed by atoms with Crippen molar-refractivity contribution >= 4 is 27.2 Å². The van der Waals surface area contributed by atoms with Crippen LogP contribution in [0.2, 0.25) is 0 Å². The minimum Gasteiger partial charge on any atom is -0.381 e. The zero-order chi connectivity index (χ0) is 14.0. The monoisotopic (exact) mass is 301 g/mol. The second-order valence-electron chi connectivity index (χ2n) is 4.00. The van der Waals surface area contributed by atoms with Crippen molar-refractivity contribution in [2.24, 2.45) is 7.05 Å². The molecule has 0 atom stereocenters. The zero-order valence-corrected chi connectivity index (χ0v) is 12.3. The van der Waals surface area contributed by atoms with Crippen molar-refractivity contribution < 1.29 is 8.42 Å². The number of nitrogens with one attached hydrogen (secondary N) is 1. The molecule has 19 heavy (non-hydrogen) atoms. The maximum Gasteiger partial charge on any atom is 0.246 e. The Morgan fingerprint density at radius 2 is 2.26 bits per heavy atom. The third-order valence-corrected chi connectivity index (χ3v) is 5.15. The molecule has 0 saturated carbocycles. The first-order chi connectivity index (χ1) is 8.92. The topological polar surface area (TPSA) is 103 Å². The standard InChI is InChI=1S/C10H15N5O2S2/c1-7-9(10(11)14-15(7)2)19(16,17)13-4-3-8-12-5-6-18-8/h5-6,13H,3-4H2,1-2H3,(H2,11,14). The Morgan fingerprint density at radius 3 is 2.79 bits per heavy atom. The molecular weight excluding hydrogens is 286 g/mol. The van der Waals surface area contributed by atoms with Gasteiger partial charge >= 0.3 is 0 Å². The average Bonchev–Trinajstić information content (AvgIpc) is 2.88. The van der Waals surface area contributed by atoms with Gasteiger partial charge < -0.3 is 5.73 Å². The number of hydrogen-bond donors (Lipinski definition) is 2. The molecule has 0 bridgehead atoms. The first kappa shape index (κ1) is 14.0. The van der Waals surface area contributed by atoms with Crippen LogP contribution in [0.15, 0.2) is 16.5 Å². The van der Waals surface area contributed by atoms with Gasteiger partial charge in [0, 0.05) is 31.6 Å². The van der Waals surface area contributed by atoms with Crippen LogP contribution in [0.3, 0.4) is 0 Å². The van der Waals surface area contributed by atoms with Crippen LogP contribution in [0, 0.1) is 6.92 Å². The van der Waals surface area contributed by atoms with E-state index in [0.717, 1.165) is 5.01 Å². The predicted octanol–water partition coefficient (Wildman–Crippen LogP) is 0.288. The summed E-state index contributed by atoms with van der Waals surface area (Å²) in [4.78, 5) is 4.14.